The number of hydrogen-bond acceptors (Lipinski definition) is 3. The first-order valence-corrected chi connectivity index (χ1v) is 10.7. The van der Waals surface area contributed by atoms with Crippen LogP contribution in [0.1, 0.15) is 41.5 Å². The van der Waals surface area contributed by atoms with Crippen LogP contribution in [0.3, 0.4) is 0 Å². The summed E-state index contributed by atoms with van der Waals surface area (Å²) < 4.78 is 0. The van der Waals surface area contributed by atoms with Crippen molar-refractivity contribution in [3.05, 3.63) is 106 Å². The molecule has 2 unspecified atom stereocenters. The summed E-state index contributed by atoms with van der Waals surface area (Å²) in [4.78, 5) is 13.5. The Bertz CT molecular complexity index is 1130. The largest absolute Gasteiger partial charge is 0.372 e. The highest BCUT2D eigenvalue weighted by molar-refractivity contribution is 6.30. The molecule has 5 rings (SSSR count). The summed E-state index contributed by atoms with van der Waals surface area (Å²) in [5, 5.41) is 7.93. The van der Waals surface area contributed by atoms with Crippen molar-refractivity contribution in [2.45, 2.75) is 31.7 Å². The highest BCUT2D eigenvalue weighted by Gasteiger charge is 2.35. The molecule has 3 aromatic carbocycles. The average molecular weight is 415 g/mol. The van der Waals surface area contributed by atoms with E-state index in [2.05, 4.69) is 54.0 Å². The van der Waals surface area contributed by atoms with Gasteiger partial charge < -0.3 is 10.6 Å². The number of benzene rings is 3. The molecule has 2 aliphatic rings. The number of fused-ring (bicyclic) bond motifs is 1. The molecule has 0 fully saturated rings. The van der Waals surface area contributed by atoms with Gasteiger partial charge in [-0.25, -0.2) is 0 Å². The number of ketones is 1. The van der Waals surface area contributed by atoms with Gasteiger partial charge in [-0.05, 0) is 54.7 Å². The van der Waals surface area contributed by atoms with Crippen molar-refractivity contribution < 1.29 is 4.79 Å². The van der Waals surface area contributed by atoms with Crippen LogP contribution >= 0.6 is 11.6 Å². The summed E-state index contributed by atoms with van der Waals surface area (Å²) in [6.45, 7) is 2.08. The lowest BCUT2D eigenvalue weighted by atomic mass is 9.78. The van der Waals surface area contributed by atoms with Crippen LogP contribution in [0, 0.1) is 6.92 Å². The summed E-state index contributed by atoms with van der Waals surface area (Å²) in [6, 6.07) is 24.3. The molecule has 3 nitrogen and oxygen atoms in total. The Morgan fingerprint density at radius 3 is 2.23 bits per heavy atom. The maximum Gasteiger partial charge on any atom is 0.163 e. The number of rotatable bonds is 2. The quantitative estimate of drug-likeness (QED) is 0.494. The van der Waals surface area contributed by atoms with Crippen molar-refractivity contribution in [3.63, 3.8) is 0 Å². The predicted octanol–water partition coefficient (Wildman–Crippen LogP) is 6.63. The number of para-hydroxylation sites is 2. The van der Waals surface area contributed by atoms with E-state index in [4.69, 9.17) is 11.6 Å². The van der Waals surface area contributed by atoms with E-state index in [1.165, 1.54) is 5.56 Å². The molecule has 4 heteroatoms. The molecule has 2 atom stereocenters. The fourth-order valence-electron chi connectivity index (χ4n) is 4.47. The van der Waals surface area contributed by atoms with Crippen LogP contribution < -0.4 is 10.6 Å². The van der Waals surface area contributed by atoms with E-state index in [-0.39, 0.29) is 17.7 Å². The van der Waals surface area contributed by atoms with Gasteiger partial charge in [-0.3, -0.25) is 4.79 Å². The highest BCUT2D eigenvalue weighted by Crippen LogP contribution is 2.44. The molecular weight excluding hydrogens is 392 g/mol. The normalized spacial score (nSPS) is 20.5. The van der Waals surface area contributed by atoms with Crippen LogP contribution in [0.15, 0.2) is 84.1 Å². The minimum Gasteiger partial charge on any atom is -0.372 e. The second kappa shape index (κ2) is 7.66. The van der Waals surface area contributed by atoms with Gasteiger partial charge in [0.25, 0.3) is 0 Å². The average Bonchev–Trinajstić information content (AvgIpc) is 2.91. The molecule has 0 aromatic heterocycles. The second-order valence-electron chi connectivity index (χ2n) is 8.13. The minimum atomic E-state index is -0.171. The predicted molar refractivity (Wildman–Crippen MR) is 123 cm³/mol. The van der Waals surface area contributed by atoms with Crippen molar-refractivity contribution in [2.75, 3.05) is 10.6 Å². The van der Waals surface area contributed by atoms with E-state index in [1.807, 2.05) is 36.4 Å². The van der Waals surface area contributed by atoms with E-state index in [0.717, 1.165) is 40.2 Å². The maximum absolute atomic E-state index is 13.5. The van der Waals surface area contributed by atoms with Crippen LogP contribution in [0.2, 0.25) is 5.02 Å². The van der Waals surface area contributed by atoms with Crippen molar-refractivity contribution in [1.29, 1.82) is 0 Å². The standard InChI is InChI=1S/C26H23ClN2O/c1-16-6-8-18(9-7-16)26-25-23(28-21-4-2-3-5-22(21)29-26)14-19(15-24(25)30)17-10-12-20(27)13-11-17/h2-13,19,26,28-29H,14-15H2,1H3. The molecule has 1 aliphatic heterocycles. The summed E-state index contributed by atoms with van der Waals surface area (Å²) in [5.41, 5.74) is 7.33. The molecule has 3 aromatic rings. The lowest BCUT2D eigenvalue weighted by molar-refractivity contribution is -0.116. The number of Topliss-reactive ketones (excluding diaryl/α,β-unsaturated/α-hetero) is 1. The van der Waals surface area contributed by atoms with Crippen LogP contribution in [0.5, 0.6) is 0 Å². The zero-order valence-corrected chi connectivity index (χ0v) is 17.5. The van der Waals surface area contributed by atoms with Gasteiger partial charge >= 0.3 is 0 Å². The molecule has 0 spiro atoms. The number of anilines is 2. The van der Waals surface area contributed by atoms with Crippen molar-refractivity contribution in [2.24, 2.45) is 0 Å². The third-order valence-corrected chi connectivity index (χ3v) is 6.31. The molecule has 0 radical (unpaired) electrons. The molecule has 2 N–H and O–H groups in total. The third-order valence-electron chi connectivity index (χ3n) is 6.06. The monoisotopic (exact) mass is 414 g/mol. The number of aryl methyl sites for hydroxylation is 1. The first kappa shape index (κ1) is 19.0. The molecule has 0 bridgehead atoms. The Hall–Kier alpha value is -3.04. The Kier molecular flexibility index (Phi) is 4.84. The van der Waals surface area contributed by atoms with Gasteiger partial charge in [-0.2, -0.15) is 0 Å². The lowest BCUT2D eigenvalue weighted by Crippen LogP contribution is -2.26. The smallest absolute Gasteiger partial charge is 0.163 e. The Labute approximate surface area is 181 Å². The number of halogens is 1. The SMILES string of the molecule is Cc1ccc(C2Nc3ccccc3NC3=C2C(=O)CC(c2ccc(Cl)cc2)C3)cc1. The number of carbonyl (C=O) groups excluding carboxylic acids is 1. The molecule has 150 valence electrons. The number of hydrogen-bond donors (Lipinski definition) is 2. The lowest BCUT2D eigenvalue weighted by Gasteiger charge is -2.30. The molecule has 0 saturated heterocycles. The van der Waals surface area contributed by atoms with Gasteiger partial charge in [0.2, 0.25) is 0 Å². The van der Waals surface area contributed by atoms with E-state index in [0.29, 0.717) is 11.4 Å². The zero-order chi connectivity index (χ0) is 20.7. The minimum absolute atomic E-state index is 0.143. The second-order valence-corrected chi connectivity index (χ2v) is 8.57. The molecule has 30 heavy (non-hydrogen) atoms. The van der Waals surface area contributed by atoms with E-state index < -0.39 is 0 Å². The fourth-order valence-corrected chi connectivity index (χ4v) is 4.60. The molecule has 0 amide bonds. The van der Waals surface area contributed by atoms with E-state index in [9.17, 15) is 4.79 Å². The third kappa shape index (κ3) is 3.50. The summed E-state index contributed by atoms with van der Waals surface area (Å²) in [6.07, 6.45) is 1.30. The van der Waals surface area contributed by atoms with Crippen molar-refractivity contribution in [3.8, 4) is 0 Å². The Morgan fingerprint density at radius 2 is 1.50 bits per heavy atom. The van der Waals surface area contributed by atoms with Gasteiger partial charge in [0.15, 0.2) is 5.78 Å². The molecule has 1 heterocycles. The number of nitrogens with one attached hydrogen (secondary N) is 2. The maximum atomic E-state index is 13.5. The van der Waals surface area contributed by atoms with Crippen LogP contribution in [0.4, 0.5) is 11.4 Å². The summed E-state index contributed by atoms with van der Waals surface area (Å²) in [7, 11) is 0. The molecule has 1 aliphatic carbocycles. The first-order chi connectivity index (χ1) is 14.6. The van der Waals surface area contributed by atoms with Gasteiger partial charge in [0, 0.05) is 22.7 Å². The topological polar surface area (TPSA) is 41.1 Å². The van der Waals surface area contributed by atoms with Gasteiger partial charge in [0.05, 0.1) is 17.4 Å². The van der Waals surface area contributed by atoms with Gasteiger partial charge in [0.1, 0.15) is 0 Å². The van der Waals surface area contributed by atoms with Crippen LogP contribution in [0.25, 0.3) is 0 Å². The molecular formula is C26H23ClN2O. The zero-order valence-electron chi connectivity index (χ0n) is 16.8. The van der Waals surface area contributed by atoms with E-state index >= 15 is 0 Å². The van der Waals surface area contributed by atoms with Gasteiger partial charge in [-0.1, -0.05) is 65.7 Å². The Morgan fingerprint density at radius 1 is 0.833 bits per heavy atom. The fraction of sp³-hybridized carbons (Fsp3) is 0.192. The van der Waals surface area contributed by atoms with Crippen LogP contribution in [-0.2, 0) is 4.79 Å². The summed E-state index contributed by atoms with van der Waals surface area (Å²) in [5.74, 6) is 0.333. The molecule has 0 saturated carbocycles. The van der Waals surface area contributed by atoms with Crippen LogP contribution in [-0.4, -0.2) is 5.78 Å². The van der Waals surface area contributed by atoms with Crippen molar-refractivity contribution >= 4 is 28.8 Å². The number of allylic oxidation sites excluding steroid dienone is 1. The van der Waals surface area contributed by atoms with Crippen molar-refractivity contribution in [1.82, 2.24) is 0 Å². The number of carbonyl (C=O) groups is 1. The van der Waals surface area contributed by atoms with Gasteiger partial charge in [-0.15, -0.1) is 0 Å². The van der Waals surface area contributed by atoms with E-state index in [1.54, 1.807) is 0 Å². The Balaban J connectivity index is 1.60. The highest BCUT2D eigenvalue weighted by atomic mass is 35.5. The first-order valence-electron chi connectivity index (χ1n) is 10.3. The summed E-state index contributed by atoms with van der Waals surface area (Å²) >= 11 is 6.07.